The molecule has 0 radical (unpaired) electrons. The number of likely N-dealkylation sites (N-methyl/N-ethyl adjacent to an activating group) is 2. The third kappa shape index (κ3) is 2.57. The molecular formula is C17H19N5O2S. The summed E-state index contributed by atoms with van der Waals surface area (Å²) in [5, 5.41) is 8.93. The molecule has 0 saturated carbocycles. The van der Waals surface area contributed by atoms with Crippen LogP contribution in [0.1, 0.15) is 27.7 Å². The molecule has 4 heterocycles. The van der Waals surface area contributed by atoms with Crippen LogP contribution in [-0.4, -0.2) is 53.6 Å². The molecule has 2 aromatic rings. The lowest BCUT2D eigenvalue weighted by Gasteiger charge is -2.28. The molecule has 2 aliphatic heterocycles. The third-order valence-electron chi connectivity index (χ3n) is 4.72. The predicted molar refractivity (Wildman–Crippen MR) is 96.1 cm³/mol. The van der Waals surface area contributed by atoms with Crippen LogP contribution in [0.2, 0.25) is 0 Å². The van der Waals surface area contributed by atoms with E-state index in [9.17, 15) is 9.59 Å². The number of rotatable bonds is 2. The van der Waals surface area contributed by atoms with E-state index in [0.29, 0.717) is 18.7 Å². The van der Waals surface area contributed by atoms with Crippen molar-refractivity contribution in [2.24, 2.45) is 0 Å². The SMILES string of the molecule is CCN1C(=O)CN(C)C(=O)c2c1sc1c2CCN(c2cccnn2)C1. The Morgan fingerprint density at radius 1 is 1.28 bits per heavy atom. The second-order valence-corrected chi connectivity index (χ2v) is 7.32. The maximum absolute atomic E-state index is 12.8. The van der Waals surface area contributed by atoms with Gasteiger partial charge in [-0.3, -0.25) is 9.59 Å². The van der Waals surface area contributed by atoms with Gasteiger partial charge in [0.15, 0.2) is 5.82 Å². The Balaban J connectivity index is 1.76. The molecule has 8 heteroatoms. The first kappa shape index (κ1) is 16.0. The number of hydrogen-bond donors (Lipinski definition) is 0. The summed E-state index contributed by atoms with van der Waals surface area (Å²) in [5.74, 6) is 0.759. The molecule has 25 heavy (non-hydrogen) atoms. The van der Waals surface area contributed by atoms with Crippen LogP contribution in [0, 0.1) is 0 Å². The molecule has 0 N–H and O–H groups in total. The van der Waals surface area contributed by atoms with Gasteiger partial charge in [0.05, 0.1) is 12.1 Å². The molecule has 7 nitrogen and oxygen atoms in total. The Labute approximate surface area is 149 Å². The summed E-state index contributed by atoms with van der Waals surface area (Å²) in [7, 11) is 1.70. The highest BCUT2D eigenvalue weighted by Gasteiger charge is 2.36. The minimum atomic E-state index is -0.0512. The third-order valence-corrected chi connectivity index (χ3v) is 5.96. The molecule has 0 bridgehead atoms. The normalized spacial score (nSPS) is 17.4. The van der Waals surface area contributed by atoms with E-state index in [2.05, 4.69) is 15.1 Å². The minimum absolute atomic E-state index is 0.0264. The smallest absolute Gasteiger partial charge is 0.257 e. The summed E-state index contributed by atoms with van der Waals surface area (Å²) in [4.78, 5) is 31.9. The maximum atomic E-state index is 12.8. The number of amides is 2. The first-order valence-electron chi connectivity index (χ1n) is 8.33. The highest BCUT2D eigenvalue weighted by atomic mass is 32.1. The lowest BCUT2D eigenvalue weighted by atomic mass is 10.0. The topological polar surface area (TPSA) is 69.6 Å². The van der Waals surface area contributed by atoms with Gasteiger partial charge in [-0.05, 0) is 31.0 Å². The summed E-state index contributed by atoms with van der Waals surface area (Å²) in [5.41, 5.74) is 1.80. The number of thiophene rings is 1. The lowest BCUT2D eigenvalue weighted by Crippen LogP contribution is -2.37. The average molecular weight is 357 g/mol. The first-order valence-corrected chi connectivity index (χ1v) is 9.14. The van der Waals surface area contributed by atoms with E-state index >= 15 is 0 Å². The van der Waals surface area contributed by atoms with Crippen LogP contribution in [0.25, 0.3) is 0 Å². The summed E-state index contributed by atoms with van der Waals surface area (Å²) in [6.45, 7) is 4.12. The van der Waals surface area contributed by atoms with E-state index < -0.39 is 0 Å². The van der Waals surface area contributed by atoms with Crippen molar-refractivity contribution in [3.63, 3.8) is 0 Å². The van der Waals surface area contributed by atoms with Gasteiger partial charge >= 0.3 is 0 Å². The predicted octanol–water partition coefficient (Wildman–Crippen LogP) is 1.54. The van der Waals surface area contributed by atoms with Crippen LogP contribution in [0.5, 0.6) is 0 Å². The summed E-state index contributed by atoms with van der Waals surface area (Å²) >= 11 is 1.56. The zero-order valence-electron chi connectivity index (χ0n) is 14.2. The van der Waals surface area contributed by atoms with Crippen LogP contribution < -0.4 is 9.80 Å². The van der Waals surface area contributed by atoms with Crippen LogP contribution in [0.15, 0.2) is 18.3 Å². The van der Waals surface area contributed by atoms with Crippen molar-refractivity contribution in [3.05, 3.63) is 34.3 Å². The molecule has 2 aromatic heterocycles. The van der Waals surface area contributed by atoms with Crippen LogP contribution in [0.4, 0.5) is 10.8 Å². The standard InChI is InChI=1S/C17H19N5O2S/c1-3-22-14(23)10-20(2)16(24)15-11-6-8-21(9-12(11)25-17(15)22)13-5-4-7-18-19-13/h4-5,7H,3,6,8-10H2,1-2H3. The molecule has 4 rings (SSSR count). The van der Waals surface area contributed by atoms with Gasteiger partial charge in [0.1, 0.15) is 11.5 Å². The van der Waals surface area contributed by atoms with Crippen LogP contribution in [-0.2, 0) is 17.8 Å². The minimum Gasteiger partial charge on any atom is -0.350 e. The molecule has 0 saturated heterocycles. The van der Waals surface area contributed by atoms with Crippen molar-refractivity contribution in [1.82, 2.24) is 15.1 Å². The Bertz CT molecular complexity index is 835. The fraction of sp³-hybridized carbons (Fsp3) is 0.412. The van der Waals surface area contributed by atoms with Gasteiger partial charge in [0, 0.05) is 31.2 Å². The van der Waals surface area contributed by atoms with Crippen LogP contribution >= 0.6 is 11.3 Å². The number of carbonyl (C=O) groups excluding carboxylic acids is 2. The van der Waals surface area contributed by atoms with Crippen LogP contribution in [0.3, 0.4) is 0 Å². The first-order chi connectivity index (χ1) is 12.1. The van der Waals surface area contributed by atoms with Crippen molar-refractivity contribution >= 4 is 34.0 Å². The van der Waals surface area contributed by atoms with Gasteiger partial charge in [0.2, 0.25) is 5.91 Å². The van der Waals surface area contributed by atoms with Crippen molar-refractivity contribution in [1.29, 1.82) is 0 Å². The van der Waals surface area contributed by atoms with Gasteiger partial charge in [0.25, 0.3) is 5.91 Å². The number of carbonyl (C=O) groups is 2. The Hall–Kier alpha value is -2.48. The maximum Gasteiger partial charge on any atom is 0.257 e. The number of anilines is 2. The quantitative estimate of drug-likeness (QED) is 0.815. The molecule has 0 fully saturated rings. The largest absolute Gasteiger partial charge is 0.350 e. The van der Waals surface area contributed by atoms with E-state index in [-0.39, 0.29) is 18.4 Å². The molecule has 0 atom stereocenters. The molecule has 0 spiro atoms. The number of aromatic nitrogens is 2. The summed E-state index contributed by atoms with van der Waals surface area (Å²) < 4.78 is 0. The monoisotopic (exact) mass is 357 g/mol. The van der Waals surface area contributed by atoms with Gasteiger partial charge in [-0.2, -0.15) is 5.10 Å². The van der Waals surface area contributed by atoms with Crippen molar-refractivity contribution in [2.45, 2.75) is 19.9 Å². The Morgan fingerprint density at radius 3 is 2.84 bits per heavy atom. The number of fused-ring (bicyclic) bond motifs is 3. The molecule has 0 unspecified atom stereocenters. The highest BCUT2D eigenvalue weighted by Crippen LogP contribution is 2.41. The molecular weight excluding hydrogens is 338 g/mol. The Morgan fingerprint density at radius 2 is 2.12 bits per heavy atom. The fourth-order valence-corrected chi connectivity index (χ4v) is 4.88. The van der Waals surface area contributed by atoms with Gasteiger partial charge in [-0.15, -0.1) is 16.4 Å². The van der Waals surface area contributed by atoms with E-state index in [1.807, 2.05) is 19.1 Å². The van der Waals surface area contributed by atoms with Crippen molar-refractivity contribution < 1.29 is 9.59 Å². The Kier molecular flexibility index (Phi) is 3.91. The molecule has 0 aliphatic carbocycles. The zero-order valence-corrected chi connectivity index (χ0v) is 15.0. The van der Waals surface area contributed by atoms with Gasteiger partial charge < -0.3 is 14.7 Å². The van der Waals surface area contributed by atoms with Gasteiger partial charge in [-0.25, -0.2) is 0 Å². The van der Waals surface area contributed by atoms with E-state index in [1.54, 1.807) is 29.5 Å². The lowest BCUT2D eigenvalue weighted by molar-refractivity contribution is -0.118. The molecule has 2 amide bonds. The van der Waals surface area contributed by atoms with E-state index in [4.69, 9.17) is 0 Å². The highest BCUT2D eigenvalue weighted by molar-refractivity contribution is 7.17. The number of hydrogen-bond acceptors (Lipinski definition) is 6. The summed E-state index contributed by atoms with van der Waals surface area (Å²) in [6.07, 6.45) is 2.43. The van der Waals surface area contributed by atoms with Gasteiger partial charge in [-0.1, -0.05) is 0 Å². The van der Waals surface area contributed by atoms with Crippen molar-refractivity contribution in [2.75, 3.05) is 36.5 Å². The van der Waals surface area contributed by atoms with E-state index in [1.165, 1.54) is 4.90 Å². The summed E-state index contributed by atoms with van der Waals surface area (Å²) in [6, 6.07) is 3.81. The second kappa shape index (κ2) is 6.11. The van der Waals surface area contributed by atoms with E-state index in [0.717, 1.165) is 34.2 Å². The number of nitrogens with zero attached hydrogens (tertiary/aromatic N) is 5. The van der Waals surface area contributed by atoms with Crippen molar-refractivity contribution in [3.8, 4) is 0 Å². The molecule has 0 aromatic carbocycles. The molecule has 130 valence electrons. The zero-order chi connectivity index (χ0) is 17.6. The molecule has 2 aliphatic rings. The average Bonchev–Trinajstić information content (AvgIpc) is 2.96. The second-order valence-electron chi connectivity index (χ2n) is 6.24. The fourth-order valence-electron chi connectivity index (χ4n) is 3.44.